The average molecular weight is 220 g/mol. The minimum absolute atomic E-state index is 0.300. The van der Waals surface area contributed by atoms with E-state index in [2.05, 4.69) is 29.0 Å². The van der Waals surface area contributed by atoms with E-state index in [1.165, 1.54) is 0 Å². The molecule has 0 bridgehead atoms. The number of nitrogens with two attached hydrogens (primary N) is 1. The Morgan fingerprint density at radius 3 is 2.88 bits per heavy atom. The maximum absolute atomic E-state index is 5.62. The van der Waals surface area contributed by atoms with Crippen molar-refractivity contribution in [2.24, 2.45) is 5.73 Å². The van der Waals surface area contributed by atoms with E-state index in [0.29, 0.717) is 19.1 Å². The lowest BCUT2D eigenvalue weighted by molar-refractivity contribution is 0.484. The van der Waals surface area contributed by atoms with Crippen molar-refractivity contribution in [2.45, 2.75) is 33.0 Å². The fourth-order valence-corrected chi connectivity index (χ4v) is 1.63. The first-order valence-electron chi connectivity index (χ1n) is 5.31. The molecule has 0 fully saturated rings. The van der Waals surface area contributed by atoms with Crippen LogP contribution in [0.15, 0.2) is 18.6 Å². The fourth-order valence-electron chi connectivity index (χ4n) is 1.63. The first-order valence-corrected chi connectivity index (χ1v) is 5.31. The Hall–Kier alpha value is -1.69. The summed E-state index contributed by atoms with van der Waals surface area (Å²) in [5.41, 5.74) is 6.62. The van der Waals surface area contributed by atoms with Crippen LogP contribution >= 0.6 is 0 Å². The van der Waals surface area contributed by atoms with E-state index in [1.54, 1.807) is 12.5 Å². The highest BCUT2D eigenvalue weighted by molar-refractivity contribution is 5.02. The Kier molecular flexibility index (Phi) is 3.00. The molecule has 0 unspecified atom stereocenters. The number of aromatic nitrogens is 5. The zero-order valence-electron chi connectivity index (χ0n) is 9.54. The van der Waals surface area contributed by atoms with E-state index in [1.807, 2.05) is 15.4 Å². The quantitative estimate of drug-likeness (QED) is 0.817. The van der Waals surface area contributed by atoms with Crippen molar-refractivity contribution >= 4 is 0 Å². The Morgan fingerprint density at radius 1 is 1.38 bits per heavy atom. The van der Waals surface area contributed by atoms with Crippen molar-refractivity contribution in [3.63, 3.8) is 0 Å². The molecular formula is C10H16N6. The van der Waals surface area contributed by atoms with Gasteiger partial charge in [0.2, 0.25) is 0 Å². The van der Waals surface area contributed by atoms with Crippen LogP contribution in [0.2, 0.25) is 0 Å². The molecule has 86 valence electrons. The van der Waals surface area contributed by atoms with Gasteiger partial charge in [-0.15, -0.1) is 0 Å². The number of rotatable bonds is 4. The van der Waals surface area contributed by atoms with Crippen LogP contribution in [0, 0.1) is 0 Å². The third-order valence-electron chi connectivity index (χ3n) is 2.44. The smallest absolute Gasteiger partial charge is 0.148 e. The first-order chi connectivity index (χ1) is 7.72. The topological polar surface area (TPSA) is 74.5 Å². The normalized spacial score (nSPS) is 11.2. The van der Waals surface area contributed by atoms with E-state index in [9.17, 15) is 0 Å². The summed E-state index contributed by atoms with van der Waals surface area (Å²) < 4.78 is 3.74. The molecule has 0 atom stereocenters. The molecule has 16 heavy (non-hydrogen) atoms. The van der Waals surface area contributed by atoms with Gasteiger partial charge in [0, 0.05) is 18.8 Å². The number of hydrogen-bond donors (Lipinski definition) is 1. The molecule has 2 rings (SSSR count). The molecule has 0 aliphatic rings. The molecule has 2 aromatic heterocycles. The molecule has 6 heteroatoms. The SMILES string of the molecule is CC(C)n1ncnc1Cn1nccc1CN. The summed E-state index contributed by atoms with van der Waals surface area (Å²) in [4.78, 5) is 4.24. The zero-order chi connectivity index (χ0) is 11.5. The van der Waals surface area contributed by atoms with E-state index < -0.39 is 0 Å². The number of nitrogens with zero attached hydrogens (tertiary/aromatic N) is 5. The minimum Gasteiger partial charge on any atom is -0.325 e. The Morgan fingerprint density at radius 2 is 2.19 bits per heavy atom. The van der Waals surface area contributed by atoms with Crippen LogP contribution in [0.3, 0.4) is 0 Å². The van der Waals surface area contributed by atoms with E-state index in [-0.39, 0.29) is 0 Å². The van der Waals surface area contributed by atoms with Gasteiger partial charge in [-0.25, -0.2) is 9.67 Å². The summed E-state index contributed by atoms with van der Waals surface area (Å²) in [6.45, 7) is 5.24. The molecule has 0 aliphatic heterocycles. The highest BCUT2D eigenvalue weighted by atomic mass is 15.4. The van der Waals surface area contributed by atoms with Crippen molar-refractivity contribution in [3.05, 3.63) is 30.1 Å². The summed E-state index contributed by atoms with van der Waals surface area (Å²) in [5, 5.41) is 8.40. The van der Waals surface area contributed by atoms with Gasteiger partial charge in [0.1, 0.15) is 18.7 Å². The van der Waals surface area contributed by atoms with Gasteiger partial charge in [-0.3, -0.25) is 4.68 Å². The lowest BCUT2D eigenvalue weighted by atomic mass is 10.4. The molecule has 0 radical (unpaired) electrons. The van der Waals surface area contributed by atoms with Gasteiger partial charge in [0.25, 0.3) is 0 Å². The maximum atomic E-state index is 5.62. The van der Waals surface area contributed by atoms with Crippen LogP contribution in [0.5, 0.6) is 0 Å². The molecule has 0 aromatic carbocycles. The molecule has 2 N–H and O–H groups in total. The average Bonchev–Trinajstić information content (AvgIpc) is 2.86. The van der Waals surface area contributed by atoms with Gasteiger partial charge in [-0.1, -0.05) is 0 Å². The molecule has 0 amide bonds. The van der Waals surface area contributed by atoms with E-state index in [4.69, 9.17) is 5.73 Å². The lowest BCUT2D eigenvalue weighted by Crippen LogP contribution is -2.15. The minimum atomic E-state index is 0.300. The van der Waals surface area contributed by atoms with Gasteiger partial charge in [-0.05, 0) is 19.9 Å². The van der Waals surface area contributed by atoms with Crippen LogP contribution in [0.4, 0.5) is 0 Å². The van der Waals surface area contributed by atoms with Crippen molar-refractivity contribution in [2.75, 3.05) is 0 Å². The summed E-state index contributed by atoms with van der Waals surface area (Å²) in [7, 11) is 0. The highest BCUT2D eigenvalue weighted by Crippen LogP contribution is 2.07. The van der Waals surface area contributed by atoms with Crippen LogP contribution in [0.1, 0.15) is 31.4 Å². The van der Waals surface area contributed by atoms with Crippen molar-refractivity contribution in [1.29, 1.82) is 0 Å². The summed E-state index contributed by atoms with van der Waals surface area (Å²) in [5.74, 6) is 0.897. The second-order valence-electron chi connectivity index (χ2n) is 3.90. The van der Waals surface area contributed by atoms with E-state index in [0.717, 1.165) is 11.5 Å². The molecular weight excluding hydrogens is 204 g/mol. The van der Waals surface area contributed by atoms with Gasteiger partial charge in [0.05, 0.1) is 5.69 Å². The lowest BCUT2D eigenvalue weighted by Gasteiger charge is -2.10. The molecule has 0 aliphatic carbocycles. The maximum Gasteiger partial charge on any atom is 0.148 e. The highest BCUT2D eigenvalue weighted by Gasteiger charge is 2.09. The van der Waals surface area contributed by atoms with Crippen LogP contribution in [-0.4, -0.2) is 24.5 Å². The Balaban J connectivity index is 2.23. The van der Waals surface area contributed by atoms with Crippen molar-refractivity contribution in [3.8, 4) is 0 Å². The zero-order valence-corrected chi connectivity index (χ0v) is 9.54. The monoisotopic (exact) mass is 220 g/mol. The third kappa shape index (κ3) is 1.96. The summed E-state index contributed by atoms with van der Waals surface area (Å²) in [6.07, 6.45) is 3.32. The molecule has 2 heterocycles. The van der Waals surface area contributed by atoms with Crippen LogP contribution < -0.4 is 5.73 Å². The van der Waals surface area contributed by atoms with Gasteiger partial charge in [-0.2, -0.15) is 10.2 Å². The largest absolute Gasteiger partial charge is 0.325 e. The van der Waals surface area contributed by atoms with Gasteiger partial charge >= 0.3 is 0 Å². The molecule has 0 saturated carbocycles. The molecule has 0 saturated heterocycles. The van der Waals surface area contributed by atoms with Crippen LogP contribution in [0.25, 0.3) is 0 Å². The van der Waals surface area contributed by atoms with Crippen molar-refractivity contribution < 1.29 is 0 Å². The van der Waals surface area contributed by atoms with Gasteiger partial charge in [0.15, 0.2) is 0 Å². The second-order valence-corrected chi connectivity index (χ2v) is 3.90. The molecule has 2 aromatic rings. The standard InChI is InChI=1S/C10H16N6/c1-8(2)16-10(12-7-14-16)6-15-9(5-11)3-4-13-15/h3-4,7-8H,5-6,11H2,1-2H3. The molecule has 6 nitrogen and oxygen atoms in total. The van der Waals surface area contributed by atoms with Gasteiger partial charge < -0.3 is 5.73 Å². The van der Waals surface area contributed by atoms with E-state index >= 15 is 0 Å². The Labute approximate surface area is 94.1 Å². The summed E-state index contributed by atoms with van der Waals surface area (Å²) >= 11 is 0. The Bertz CT molecular complexity index is 455. The third-order valence-corrected chi connectivity index (χ3v) is 2.44. The predicted octanol–water partition coefficient (Wildman–Crippen LogP) is 0.563. The number of hydrogen-bond acceptors (Lipinski definition) is 4. The first kappa shape index (κ1) is 10.8. The predicted molar refractivity (Wildman–Crippen MR) is 59.6 cm³/mol. The fraction of sp³-hybridized carbons (Fsp3) is 0.500. The van der Waals surface area contributed by atoms with Crippen molar-refractivity contribution in [1.82, 2.24) is 24.5 Å². The molecule has 0 spiro atoms. The second kappa shape index (κ2) is 4.44. The summed E-state index contributed by atoms with van der Waals surface area (Å²) in [6, 6.07) is 2.21. The van der Waals surface area contributed by atoms with Crippen LogP contribution in [-0.2, 0) is 13.1 Å².